The highest BCUT2D eigenvalue weighted by Crippen LogP contribution is 2.43. The molecule has 0 aliphatic carbocycles. The van der Waals surface area contributed by atoms with Gasteiger partial charge < -0.3 is 0 Å². The first-order chi connectivity index (χ1) is 14.7. The highest BCUT2D eigenvalue weighted by Gasteiger charge is 2.29. The van der Waals surface area contributed by atoms with E-state index in [1.165, 1.54) is 128 Å². The van der Waals surface area contributed by atoms with E-state index in [2.05, 4.69) is 62.3 Å². The van der Waals surface area contributed by atoms with E-state index in [0.29, 0.717) is 15.5 Å². The van der Waals surface area contributed by atoms with Gasteiger partial charge in [0.15, 0.2) is 0 Å². The standard InChI is InChI=1S/C28H61P3/c1-6-11-18-27(30,19-12-7-2)24-15-22-26(29,17-10-5)23-16-25-28(31,20-13-8-3)21-14-9-4/h6-25,29-31H2,1-5H3. The molecule has 31 heavy (non-hydrogen) atoms. The van der Waals surface area contributed by atoms with E-state index in [1.54, 1.807) is 0 Å². The second-order valence-electron chi connectivity index (χ2n) is 11.0. The Morgan fingerprint density at radius 1 is 0.323 bits per heavy atom. The Bertz CT molecular complexity index is 359. The maximum Gasteiger partial charge on any atom is -0.0150 e. The zero-order valence-electron chi connectivity index (χ0n) is 22.4. The molecule has 0 aliphatic rings. The van der Waals surface area contributed by atoms with Crippen molar-refractivity contribution < 1.29 is 0 Å². The molecule has 0 aromatic heterocycles. The summed E-state index contributed by atoms with van der Waals surface area (Å²) >= 11 is 0. The highest BCUT2D eigenvalue weighted by molar-refractivity contribution is 7.19. The van der Waals surface area contributed by atoms with Crippen LogP contribution in [0.5, 0.6) is 0 Å². The van der Waals surface area contributed by atoms with E-state index in [9.17, 15) is 0 Å². The first-order valence-corrected chi connectivity index (χ1v) is 15.8. The minimum atomic E-state index is 0.469. The van der Waals surface area contributed by atoms with Crippen molar-refractivity contribution in [3.63, 3.8) is 0 Å². The van der Waals surface area contributed by atoms with Crippen molar-refractivity contribution in [2.75, 3.05) is 0 Å². The fourth-order valence-corrected chi connectivity index (χ4v) is 7.24. The summed E-state index contributed by atoms with van der Waals surface area (Å²) in [5, 5.41) is 1.47. The fraction of sp³-hybridized carbons (Fsp3) is 1.00. The smallest absolute Gasteiger partial charge is 0.0150 e. The van der Waals surface area contributed by atoms with Crippen LogP contribution < -0.4 is 0 Å². The lowest BCUT2D eigenvalue weighted by molar-refractivity contribution is 0.362. The number of hydrogen-bond donors (Lipinski definition) is 0. The Kier molecular flexibility index (Phi) is 19.4. The predicted octanol–water partition coefficient (Wildman–Crippen LogP) is 10.7. The van der Waals surface area contributed by atoms with Crippen LogP contribution in [0.25, 0.3) is 0 Å². The lowest BCUT2D eigenvalue weighted by Crippen LogP contribution is -2.26. The lowest BCUT2D eigenvalue weighted by atomic mass is 9.83. The monoisotopic (exact) mass is 490 g/mol. The van der Waals surface area contributed by atoms with E-state index < -0.39 is 0 Å². The molecular weight excluding hydrogens is 429 g/mol. The van der Waals surface area contributed by atoms with Crippen LogP contribution in [0.15, 0.2) is 0 Å². The second kappa shape index (κ2) is 18.6. The van der Waals surface area contributed by atoms with Gasteiger partial charge in [-0.25, -0.2) is 0 Å². The molecule has 0 spiro atoms. The van der Waals surface area contributed by atoms with E-state index in [1.807, 2.05) is 0 Å². The molecule has 0 aliphatic heterocycles. The molecule has 0 nitrogen and oxygen atoms in total. The van der Waals surface area contributed by atoms with E-state index in [4.69, 9.17) is 0 Å². The topological polar surface area (TPSA) is 0 Å². The molecule has 0 heterocycles. The summed E-state index contributed by atoms with van der Waals surface area (Å²) in [7, 11) is 9.97. The van der Waals surface area contributed by atoms with Gasteiger partial charge in [-0.1, -0.05) is 105 Å². The van der Waals surface area contributed by atoms with Gasteiger partial charge in [0.05, 0.1) is 0 Å². The Labute approximate surface area is 206 Å². The van der Waals surface area contributed by atoms with Crippen LogP contribution in [0, 0.1) is 0 Å². The summed E-state index contributed by atoms with van der Waals surface area (Å²) in [5.41, 5.74) is 0. The van der Waals surface area contributed by atoms with Crippen LogP contribution in [-0.2, 0) is 0 Å². The Morgan fingerprint density at radius 2 is 0.548 bits per heavy atom. The van der Waals surface area contributed by atoms with Crippen LogP contribution in [0.2, 0.25) is 0 Å². The summed E-state index contributed by atoms with van der Waals surface area (Å²) < 4.78 is 0. The van der Waals surface area contributed by atoms with Crippen LogP contribution in [0.3, 0.4) is 0 Å². The quantitative estimate of drug-likeness (QED) is 0.132. The van der Waals surface area contributed by atoms with Crippen molar-refractivity contribution in [3.05, 3.63) is 0 Å². The van der Waals surface area contributed by atoms with Gasteiger partial charge in [-0.15, -0.1) is 27.7 Å². The average molecular weight is 491 g/mol. The van der Waals surface area contributed by atoms with Crippen LogP contribution >= 0.6 is 27.7 Å². The van der Waals surface area contributed by atoms with Gasteiger partial charge in [-0.2, -0.15) is 0 Å². The van der Waals surface area contributed by atoms with Gasteiger partial charge in [-0.3, -0.25) is 0 Å². The second-order valence-corrected chi connectivity index (χ2v) is 14.6. The van der Waals surface area contributed by atoms with Gasteiger partial charge in [0.1, 0.15) is 0 Å². The maximum atomic E-state index is 3.35. The molecule has 3 unspecified atom stereocenters. The summed E-state index contributed by atoms with van der Waals surface area (Å²) in [5.74, 6) is 0. The van der Waals surface area contributed by atoms with Crippen molar-refractivity contribution in [3.8, 4) is 0 Å². The van der Waals surface area contributed by atoms with Crippen molar-refractivity contribution in [1.82, 2.24) is 0 Å². The lowest BCUT2D eigenvalue weighted by Gasteiger charge is -2.35. The van der Waals surface area contributed by atoms with Crippen LogP contribution in [0.1, 0.15) is 163 Å². The molecule has 0 radical (unpaired) electrons. The number of rotatable bonds is 22. The minimum absolute atomic E-state index is 0.469. The van der Waals surface area contributed by atoms with Crippen molar-refractivity contribution in [2.24, 2.45) is 0 Å². The summed E-state index contributed by atoms with van der Waals surface area (Å²) in [6.07, 6.45) is 27.6. The summed E-state index contributed by atoms with van der Waals surface area (Å²) in [4.78, 5) is 0. The van der Waals surface area contributed by atoms with Crippen molar-refractivity contribution >= 4 is 27.7 Å². The molecule has 0 bridgehead atoms. The van der Waals surface area contributed by atoms with Gasteiger partial charge in [0, 0.05) is 0 Å². The van der Waals surface area contributed by atoms with Gasteiger partial charge in [0.25, 0.3) is 0 Å². The van der Waals surface area contributed by atoms with Gasteiger partial charge >= 0.3 is 0 Å². The molecule has 0 aromatic carbocycles. The molecule has 0 aromatic rings. The minimum Gasteiger partial charge on any atom is -0.131 e. The zero-order chi connectivity index (χ0) is 23.6. The van der Waals surface area contributed by atoms with Crippen molar-refractivity contribution in [1.29, 1.82) is 0 Å². The fourth-order valence-electron chi connectivity index (χ4n) is 5.32. The Morgan fingerprint density at radius 3 is 0.774 bits per heavy atom. The summed E-state index contributed by atoms with van der Waals surface area (Å²) in [6.45, 7) is 11.7. The first kappa shape index (κ1) is 32.3. The molecule has 0 saturated carbocycles. The molecule has 188 valence electrons. The predicted molar refractivity (Wildman–Crippen MR) is 158 cm³/mol. The zero-order valence-corrected chi connectivity index (χ0v) is 25.8. The van der Waals surface area contributed by atoms with Crippen LogP contribution in [-0.4, -0.2) is 15.5 Å². The van der Waals surface area contributed by atoms with E-state index in [-0.39, 0.29) is 0 Å². The SMILES string of the molecule is CCCCC(P)(CCCC)CCCC(P)(CCC)CCCC(P)(CCCC)CCCC. The third kappa shape index (κ3) is 15.7. The van der Waals surface area contributed by atoms with Crippen LogP contribution in [0.4, 0.5) is 0 Å². The molecule has 0 amide bonds. The highest BCUT2D eigenvalue weighted by atomic mass is 31.0. The normalized spacial score (nSPS) is 13.2. The van der Waals surface area contributed by atoms with E-state index >= 15 is 0 Å². The third-order valence-electron chi connectivity index (χ3n) is 7.56. The third-order valence-corrected chi connectivity index (χ3v) is 10.2. The maximum absolute atomic E-state index is 3.35. The first-order valence-electron chi connectivity index (χ1n) is 14.1. The molecule has 0 saturated heterocycles. The molecule has 3 atom stereocenters. The molecule has 3 heteroatoms. The summed E-state index contributed by atoms with van der Waals surface area (Å²) in [6, 6.07) is 0. The Hall–Kier alpha value is 1.29. The number of hydrogen-bond acceptors (Lipinski definition) is 0. The van der Waals surface area contributed by atoms with Gasteiger partial charge in [0.2, 0.25) is 0 Å². The molecule has 0 fully saturated rings. The van der Waals surface area contributed by atoms with Crippen molar-refractivity contribution in [2.45, 2.75) is 179 Å². The molecule has 0 N–H and O–H groups in total. The Balaban J connectivity index is 4.78. The average Bonchev–Trinajstić information content (AvgIpc) is 2.74. The van der Waals surface area contributed by atoms with E-state index in [0.717, 1.165) is 0 Å². The van der Waals surface area contributed by atoms with Gasteiger partial charge in [-0.05, 0) is 73.3 Å². The molecule has 0 rings (SSSR count). The molecular formula is C28H61P3. The number of unbranched alkanes of at least 4 members (excludes halogenated alkanes) is 4. The largest absolute Gasteiger partial charge is 0.131 e.